The van der Waals surface area contributed by atoms with Gasteiger partial charge in [0.05, 0.1) is 24.6 Å². The van der Waals surface area contributed by atoms with Gasteiger partial charge in [-0.3, -0.25) is 24.4 Å². The van der Waals surface area contributed by atoms with E-state index >= 15 is 0 Å². The van der Waals surface area contributed by atoms with Gasteiger partial charge in [-0.15, -0.1) is 6.58 Å². The molecule has 0 spiro atoms. The number of carbonyl (C=O) groups excluding carboxylic acids is 5. The monoisotopic (exact) mass is 705 g/mol. The summed E-state index contributed by atoms with van der Waals surface area (Å²) in [4.78, 5) is 68.6. The molecule has 5 atom stereocenters. The van der Waals surface area contributed by atoms with E-state index in [2.05, 4.69) is 27.3 Å². The summed E-state index contributed by atoms with van der Waals surface area (Å²) in [5, 5.41) is 7.25. The molecule has 4 N–H and O–H groups in total. The van der Waals surface area contributed by atoms with E-state index < -0.39 is 85.8 Å². The zero-order valence-corrected chi connectivity index (χ0v) is 29.8. The number of methoxy groups -OCH3 is 1. The highest BCUT2D eigenvalue weighted by Gasteiger charge is 2.62. The van der Waals surface area contributed by atoms with Crippen molar-refractivity contribution in [2.75, 3.05) is 19.0 Å². The molecule has 16 heteroatoms. The molecule has 1 heterocycles. The SMILES string of the molecule is C=CC1CC1(NC(=O)C1CC(OC(=O)Nc2ccccc2OC)CN1C(=O)C(NC(=O)OC(C)(C)C)C(C)(C)C)C(=O)NS(=O)(=O)C1CC1. The van der Waals surface area contributed by atoms with Gasteiger partial charge in [0, 0.05) is 12.3 Å². The quantitative estimate of drug-likeness (QED) is 0.248. The van der Waals surface area contributed by atoms with E-state index in [9.17, 15) is 32.4 Å². The summed E-state index contributed by atoms with van der Waals surface area (Å²) in [6.07, 6.45) is -0.421. The summed E-state index contributed by atoms with van der Waals surface area (Å²) < 4.78 is 43.6. The molecule has 5 amide bonds. The van der Waals surface area contributed by atoms with E-state index in [4.69, 9.17) is 14.2 Å². The minimum Gasteiger partial charge on any atom is -0.495 e. The molecule has 3 fully saturated rings. The Labute approximate surface area is 286 Å². The molecule has 4 rings (SSSR count). The fraction of sp³-hybridized carbons (Fsp3) is 0.606. The Morgan fingerprint density at radius 3 is 2.24 bits per heavy atom. The Morgan fingerprint density at radius 1 is 1.04 bits per heavy atom. The molecule has 2 aliphatic carbocycles. The predicted octanol–water partition coefficient (Wildman–Crippen LogP) is 2.82. The number of nitrogens with one attached hydrogen (secondary N) is 4. The number of para-hydroxylation sites is 2. The summed E-state index contributed by atoms with van der Waals surface area (Å²) in [7, 11) is -2.48. The highest BCUT2D eigenvalue weighted by Crippen LogP contribution is 2.45. The molecule has 1 aromatic rings. The normalized spacial score (nSPS) is 24.1. The number of hydrogen-bond donors (Lipinski definition) is 4. The Hall–Kier alpha value is -4.34. The third-order valence-electron chi connectivity index (χ3n) is 8.49. The van der Waals surface area contributed by atoms with Crippen LogP contribution < -0.4 is 25.4 Å². The van der Waals surface area contributed by atoms with Crippen LogP contribution in [0.25, 0.3) is 0 Å². The molecule has 1 saturated heterocycles. The number of alkyl carbamates (subject to hydrolysis) is 1. The first-order valence-corrected chi connectivity index (χ1v) is 17.7. The van der Waals surface area contributed by atoms with Crippen LogP contribution in [-0.4, -0.2) is 91.5 Å². The molecule has 1 aliphatic heterocycles. The number of sulfonamides is 1. The van der Waals surface area contributed by atoms with Crippen molar-refractivity contribution in [3.05, 3.63) is 36.9 Å². The van der Waals surface area contributed by atoms with Crippen LogP contribution in [0.5, 0.6) is 5.75 Å². The summed E-state index contributed by atoms with van der Waals surface area (Å²) in [5.74, 6) is -2.49. The Morgan fingerprint density at radius 2 is 1.69 bits per heavy atom. The van der Waals surface area contributed by atoms with Crippen LogP contribution >= 0.6 is 0 Å². The van der Waals surface area contributed by atoms with Crippen LogP contribution in [-0.2, 0) is 33.9 Å². The zero-order chi connectivity index (χ0) is 36.5. The number of carbonyl (C=O) groups is 5. The van der Waals surface area contributed by atoms with E-state index in [1.165, 1.54) is 18.1 Å². The average molecular weight is 706 g/mol. The molecular formula is C33H47N5O10S. The number of ether oxygens (including phenoxy) is 3. The summed E-state index contributed by atoms with van der Waals surface area (Å²) in [6.45, 7) is 13.7. The van der Waals surface area contributed by atoms with E-state index in [0.717, 1.165) is 0 Å². The minimum absolute atomic E-state index is 0.0982. The van der Waals surface area contributed by atoms with Gasteiger partial charge in [-0.1, -0.05) is 39.0 Å². The number of anilines is 1. The van der Waals surface area contributed by atoms with Gasteiger partial charge in [-0.2, -0.15) is 0 Å². The lowest BCUT2D eigenvalue weighted by Crippen LogP contribution is -2.60. The largest absolute Gasteiger partial charge is 0.495 e. The number of hydrogen-bond acceptors (Lipinski definition) is 10. The molecule has 3 aliphatic rings. The third kappa shape index (κ3) is 9.02. The van der Waals surface area contributed by atoms with Crippen LogP contribution in [0.3, 0.4) is 0 Å². The summed E-state index contributed by atoms with van der Waals surface area (Å²) >= 11 is 0. The van der Waals surface area contributed by atoms with Gasteiger partial charge in [0.25, 0.3) is 5.91 Å². The Kier molecular flexibility index (Phi) is 10.6. The minimum atomic E-state index is -3.92. The second-order valence-corrected chi connectivity index (χ2v) is 16.7. The van der Waals surface area contributed by atoms with Crippen molar-refractivity contribution in [2.45, 2.75) is 102 Å². The second kappa shape index (κ2) is 13.9. The standard InChI is InChI=1S/C33H47N5O10S/c1-9-19-17-33(19,28(41)37-49(44,45)21-14-15-21)36-26(39)23-16-20(47-29(42)34-22-12-10-11-13-24(22)46-8)18-38(23)27(40)25(31(2,3)4)35-30(43)48-32(5,6)7/h9-13,19-21,23,25H,1,14-18H2,2-8H3,(H,34,42)(H,35,43)(H,36,39)(H,37,41). The van der Waals surface area contributed by atoms with Gasteiger partial charge < -0.3 is 29.7 Å². The van der Waals surface area contributed by atoms with Crippen LogP contribution in [0.2, 0.25) is 0 Å². The average Bonchev–Trinajstić information content (AvgIpc) is 3.91. The first kappa shape index (κ1) is 37.5. The van der Waals surface area contributed by atoms with Crippen molar-refractivity contribution < 1.29 is 46.6 Å². The van der Waals surface area contributed by atoms with Crippen molar-refractivity contribution in [3.8, 4) is 5.75 Å². The van der Waals surface area contributed by atoms with Gasteiger partial charge in [-0.05, 0) is 57.6 Å². The summed E-state index contributed by atoms with van der Waals surface area (Å²) in [6, 6.07) is 4.22. The number of amides is 5. The first-order chi connectivity index (χ1) is 22.7. The molecule has 15 nitrogen and oxygen atoms in total. The number of nitrogens with zero attached hydrogens (tertiary/aromatic N) is 1. The van der Waals surface area contributed by atoms with E-state index in [-0.39, 0.29) is 19.4 Å². The molecule has 49 heavy (non-hydrogen) atoms. The van der Waals surface area contributed by atoms with Gasteiger partial charge >= 0.3 is 12.2 Å². The van der Waals surface area contributed by atoms with Crippen LogP contribution in [0.1, 0.15) is 67.2 Å². The molecule has 0 aromatic heterocycles. The lowest BCUT2D eigenvalue weighted by molar-refractivity contribution is -0.143. The van der Waals surface area contributed by atoms with Crippen LogP contribution in [0.15, 0.2) is 36.9 Å². The van der Waals surface area contributed by atoms with Gasteiger partial charge in [-0.25, -0.2) is 18.0 Å². The maximum atomic E-state index is 14.2. The highest BCUT2D eigenvalue weighted by molar-refractivity contribution is 7.91. The molecule has 1 aromatic carbocycles. The predicted molar refractivity (Wildman–Crippen MR) is 179 cm³/mol. The van der Waals surface area contributed by atoms with Crippen molar-refractivity contribution >= 4 is 45.6 Å². The van der Waals surface area contributed by atoms with Crippen molar-refractivity contribution in [1.29, 1.82) is 0 Å². The Balaban J connectivity index is 1.59. The third-order valence-corrected chi connectivity index (χ3v) is 10.3. The van der Waals surface area contributed by atoms with Gasteiger partial charge in [0.2, 0.25) is 21.8 Å². The zero-order valence-electron chi connectivity index (χ0n) is 29.0. The van der Waals surface area contributed by atoms with Gasteiger partial charge in [0.1, 0.15) is 35.1 Å². The van der Waals surface area contributed by atoms with E-state index in [1.807, 2.05) is 0 Å². The van der Waals surface area contributed by atoms with Crippen molar-refractivity contribution in [3.63, 3.8) is 0 Å². The molecule has 5 unspecified atom stereocenters. The maximum Gasteiger partial charge on any atom is 0.412 e. The summed E-state index contributed by atoms with van der Waals surface area (Å²) in [5.41, 5.74) is -2.98. The molecule has 270 valence electrons. The van der Waals surface area contributed by atoms with Crippen molar-refractivity contribution in [2.24, 2.45) is 11.3 Å². The van der Waals surface area contributed by atoms with Crippen LogP contribution in [0, 0.1) is 11.3 Å². The lowest BCUT2D eigenvalue weighted by Gasteiger charge is -2.36. The topological polar surface area (TPSA) is 199 Å². The fourth-order valence-electron chi connectivity index (χ4n) is 5.67. The highest BCUT2D eigenvalue weighted by atomic mass is 32.2. The lowest BCUT2D eigenvalue weighted by atomic mass is 9.85. The van der Waals surface area contributed by atoms with Gasteiger partial charge in [0.15, 0.2) is 0 Å². The number of benzene rings is 1. The smallest absolute Gasteiger partial charge is 0.412 e. The number of rotatable bonds is 11. The molecule has 2 saturated carbocycles. The first-order valence-electron chi connectivity index (χ1n) is 16.1. The van der Waals surface area contributed by atoms with Crippen LogP contribution in [0.4, 0.5) is 15.3 Å². The number of likely N-dealkylation sites (tertiary alicyclic amines) is 1. The fourth-order valence-corrected chi connectivity index (χ4v) is 7.04. The molecule has 0 bridgehead atoms. The van der Waals surface area contributed by atoms with E-state index in [0.29, 0.717) is 24.3 Å². The van der Waals surface area contributed by atoms with E-state index in [1.54, 1.807) is 65.8 Å². The molecule has 0 radical (unpaired) electrons. The van der Waals surface area contributed by atoms with Crippen molar-refractivity contribution in [1.82, 2.24) is 20.3 Å². The molecular weight excluding hydrogens is 658 g/mol. The Bertz CT molecular complexity index is 1600. The maximum absolute atomic E-state index is 14.2. The second-order valence-electron chi connectivity index (χ2n) is 14.7.